The van der Waals surface area contributed by atoms with Crippen LogP contribution in [-0.4, -0.2) is 52.8 Å². The zero-order chi connectivity index (χ0) is 19.8. The molecule has 29 heavy (non-hydrogen) atoms. The van der Waals surface area contributed by atoms with Gasteiger partial charge in [0.2, 0.25) is 5.95 Å². The lowest BCUT2D eigenvalue weighted by Crippen LogP contribution is -2.42. The molecule has 152 valence electrons. The Morgan fingerprint density at radius 2 is 1.90 bits per heavy atom. The molecule has 0 atom stereocenters. The Kier molecular flexibility index (Phi) is 4.62. The number of aromatic nitrogens is 4. The van der Waals surface area contributed by atoms with Gasteiger partial charge in [-0.3, -0.25) is 0 Å². The second-order valence-electron chi connectivity index (χ2n) is 8.22. The molecule has 2 aliphatic heterocycles. The number of fused-ring (bicyclic) bond motifs is 1. The number of ether oxygens (including phenoxy) is 1. The summed E-state index contributed by atoms with van der Waals surface area (Å²) in [4.78, 5) is 16.9. The smallest absolute Gasteiger partial charge is 0.228 e. The van der Waals surface area contributed by atoms with Crippen LogP contribution in [0.15, 0.2) is 30.6 Å². The highest BCUT2D eigenvalue weighted by atomic mass is 16.5. The predicted octanol–water partition coefficient (Wildman–Crippen LogP) is 3.10. The summed E-state index contributed by atoms with van der Waals surface area (Å²) in [7, 11) is 1.68. The highest BCUT2D eigenvalue weighted by molar-refractivity contribution is 5.88. The van der Waals surface area contributed by atoms with Crippen molar-refractivity contribution < 1.29 is 4.74 Å². The van der Waals surface area contributed by atoms with Crippen LogP contribution in [0.2, 0.25) is 0 Å². The summed E-state index contributed by atoms with van der Waals surface area (Å²) in [5, 5.41) is 3.54. The molecule has 2 aromatic heterocycles. The number of piperidine rings is 1. The van der Waals surface area contributed by atoms with Gasteiger partial charge >= 0.3 is 0 Å². The number of anilines is 1. The van der Waals surface area contributed by atoms with Gasteiger partial charge in [0.05, 0.1) is 13.4 Å². The monoisotopic (exact) mass is 392 g/mol. The summed E-state index contributed by atoms with van der Waals surface area (Å²) in [6.45, 7) is 7.28. The summed E-state index contributed by atoms with van der Waals surface area (Å²) in [5.74, 6) is 1.66. The van der Waals surface area contributed by atoms with E-state index in [0.29, 0.717) is 5.41 Å². The van der Waals surface area contributed by atoms with Gasteiger partial charge in [-0.25, -0.2) is 9.97 Å². The Bertz CT molecular complexity index is 996. The summed E-state index contributed by atoms with van der Waals surface area (Å²) in [6.07, 6.45) is 5.56. The predicted molar refractivity (Wildman–Crippen MR) is 114 cm³/mol. The number of nitrogens with one attached hydrogen (secondary N) is 1. The maximum absolute atomic E-state index is 5.31. The minimum atomic E-state index is 0.477. The molecular formula is C22H28N6O. The molecule has 0 bridgehead atoms. The molecule has 4 heterocycles. The molecule has 0 saturated carbocycles. The number of aryl methyl sites for hydroxylation is 1. The van der Waals surface area contributed by atoms with Crippen molar-refractivity contribution in [1.82, 2.24) is 24.8 Å². The quantitative estimate of drug-likeness (QED) is 0.736. The van der Waals surface area contributed by atoms with E-state index in [-0.39, 0.29) is 0 Å². The van der Waals surface area contributed by atoms with E-state index < -0.39 is 0 Å². The van der Waals surface area contributed by atoms with Crippen LogP contribution < -0.4 is 15.0 Å². The normalized spacial score (nSPS) is 18.6. The van der Waals surface area contributed by atoms with Crippen LogP contribution in [0, 0.1) is 5.41 Å². The summed E-state index contributed by atoms with van der Waals surface area (Å²) in [6, 6.07) is 8.03. The SMILES string of the molecule is CCn1cnc2c(-c3ccc(OC)cc3)nc(N3CCC4(CCNC4)CC3)nc21. The van der Waals surface area contributed by atoms with Gasteiger partial charge in [0.15, 0.2) is 5.65 Å². The van der Waals surface area contributed by atoms with E-state index in [4.69, 9.17) is 14.7 Å². The number of methoxy groups -OCH3 is 1. The van der Waals surface area contributed by atoms with Gasteiger partial charge in [0.25, 0.3) is 0 Å². The molecule has 0 amide bonds. The van der Waals surface area contributed by atoms with Crippen molar-refractivity contribution in [1.29, 1.82) is 0 Å². The van der Waals surface area contributed by atoms with Gasteiger partial charge in [0, 0.05) is 31.7 Å². The van der Waals surface area contributed by atoms with Crippen LogP contribution in [0.1, 0.15) is 26.2 Å². The summed E-state index contributed by atoms with van der Waals surface area (Å²) >= 11 is 0. The third-order valence-electron chi connectivity index (χ3n) is 6.60. The van der Waals surface area contributed by atoms with E-state index >= 15 is 0 Å². The summed E-state index contributed by atoms with van der Waals surface area (Å²) in [5.41, 5.74) is 4.17. The van der Waals surface area contributed by atoms with Crippen molar-refractivity contribution in [3.05, 3.63) is 30.6 Å². The minimum Gasteiger partial charge on any atom is -0.497 e. The van der Waals surface area contributed by atoms with Crippen molar-refractivity contribution in [3.63, 3.8) is 0 Å². The molecule has 0 radical (unpaired) electrons. The average molecular weight is 393 g/mol. The first-order valence-electron chi connectivity index (χ1n) is 10.5. The van der Waals surface area contributed by atoms with E-state index in [2.05, 4.69) is 26.7 Å². The van der Waals surface area contributed by atoms with E-state index in [1.807, 2.05) is 30.6 Å². The Hall–Kier alpha value is -2.67. The van der Waals surface area contributed by atoms with Gasteiger partial charge in [-0.1, -0.05) is 0 Å². The fraction of sp³-hybridized carbons (Fsp3) is 0.500. The number of nitrogens with zero attached hydrogens (tertiary/aromatic N) is 5. The molecule has 1 N–H and O–H groups in total. The number of imidazole rings is 1. The molecule has 2 aliphatic rings. The molecule has 5 rings (SSSR count). The molecule has 0 unspecified atom stereocenters. The number of hydrogen-bond acceptors (Lipinski definition) is 6. The largest absolute Gasteiger partial charge is 0.497 e. The van der Waals surface area contributed by atoms with Crippen molar-refractivity contribution in [2.45, 2.75) is 32.7 Å². The van der Waals surface area contributed by atoms with E-state index in [1.54, 1.807) is 7.11 Å². The molecule has 3 aromatic rings. The van der Waals surface area contributed by atoms with E-state index in [9.17, 15) is 0 Å². The van der Waals surface area contributed by atoms with E-state index in [1.165, 1.54) is 19.3 Å². The van der Waals surface area contributed by atoms with Gasteiger partial charge in [0.1, 0.15) is 17.0 Å². The van der Waals surface area contributed by atoms with Crippen LogP contribution in [-0.2, 0) is 6.54 Å². The molecule has 7 nitrogen and oxygen atoms in total. The summed E-state index contributed by atoms with van der Waals surface area (Å²) < 4.78 is 7.41. The van der Waals surface area contributed by atoms with Crippen LogP contribution in [0.3, 0.4) is 0 Å². The highest BCUT2D eigenvalue weighted by Gasteiger charge is 2.37. The molecule has 0 aliphatic carbocycles. The molecule has 2 fully saturated rings. The van der Waals surface area contributed by atoms with Gasteiger partial charge in [-0.15, -0.1) is 0 Å². The maximum Gasteiger partial charge on any atom is 0.228 e. The van der Waals surface area contributed by atoms with Crippen molar-refractivity contribution in [2.24, 2.45) is 5.41 Å². The van der Waals surface area contributed by atoms with Crippen molar-refractivity contribution >= 4 is 17.1 Å². The first-order chi connectivity index (χ1) is 14.2. The van der Waals surface area contributed by atoms with E-state index in [0.717, 1.165) is 66.8 Å². The lowest BCUT2D eigenvalue weighted by Gasteiger charge is -2.38. The van der Waals surface area contributed by atoms with Gasteiger partial charge in [-0.05, 0) is 62.4 Å². The zero-order valence-corrected chi connectivity index (χ0v) is 17.2. The van der Waals surface area contributed by atoms with Crippen LogP contribution in [0.25, 0.3) is 22.4 Å². The Morgan fingerprint density at radius 3 is 2.55 bits per heavy atom. The standard InChI is InChI=1S/C22H28N6O/c1-3-27-15-24-19-18(16-4-6-17(29-2)7-5-16)25-21(26-20(19)27)28-12-9-22(10-13-28)8-11-23-14-22/h4-7,15,23H,3,8-14H2,1-2H3. The second-order valence-corrected chi connectivity index (χ2v) is 8.22. The molecule has 7 heteroatoms. The molecule has 2 saturated heterocycles. The van der Waals surface area contributed by atoms with Gasteiger partial charge in [-0.2, -0.15) is 4.98 Å². The third kappa shape index (κ3) is 3.23. The molecule has 1 spiro atoms. The minimum absolute atomic E-state index is 0.477. The molecule has 1 aromatic carbocycles. The Labute approximate surface area is 171 Å². The zero-order valence-electron chi connectivity index (χ0n) is 17.2. The number of benzene rings is 1. The first-order valence-corrected chi connectivity index (χ1v) is 10.5. The maximum atomic E-state index is 5.31. The third-order valence-corrected chi connectivity index (χ3v) is 6.60. The van der Waals surface area contributed by atoms with Crippen molar-refractivity contribution in [2.75, 3.05) is 38.2 Å². The van der Waals surface area contributed by atoms with Crippen LogP contribution >= 0.6 is 0 Å². The highest BCUT2D eigenvalue weighted by Crippen LogP contribution is 2.38. The van der Waals surface area contributed by atoms with Crippen molar-refractivity contribution in [3.8, 4) is 17.0 Å². The fourth-order valence-electron chi connectivity index (χ4n) is 4.66. The lowest BCUT2D eigenvalue weighted by molar-refractivity contribution is 0.246. The molecular weight excluding hydrogens is 364 g/mol. The van der Waals surface area contributed by atoms with Crippen LogP contribution in [0.4, 0.5) is 5.95 Å². The fourth-order valence-corrected chi connectivity index (χ4v) is 4.66. The second kappa shape index (κ2) is 7.30. The van der Waals surface area contributed by atoms with Gasteiger partial charge < -0.3 is 19.5 Å². The number of hydrogen-bond donors (Lipinski definition) is 1. The Morgan fingerprint density at radius 1 is 1.10 bits per heavy atom. The topological polar surface area (TPSA) is 68.1 Å². The Balaban J connectivity index is 1.53. The number of rotatable bonds is 4. The first kappa shape index (κ1) is 18.4. The average Bonchev–Trinajstić information content (AvgIpc) is 3.40. The lowest BCUT2D eigenvalue weighted by atomic mass is 9.78. The van der Waals surface area contributed by atoms with Crippen LogP contribution in [0.5, 0.6) is 5.75 Å².